The third kappa shape index (κ3) is 5.19. The van der Waals surface area contributed by atoms with Crippen molar-refractivity contribution in [1.29, 1.82) is 0 Å². The molecule has 5 rings (SSSR count). The van der Waals surface area contributed by atoms with Crippen LogP contribution in [0, 0.1) is 0 Å². The van der Waals surface area contributed by atoms with E-state index in [1.807, 2.05) is 6.07 Å². The molecule has 4 N–H and O–H groups in total. The summed E-state index contributed by atoms with van der Waals surface area (Å²) in [6, 6.07) is 13.6. The number of Topliss-reactive ketones (excluding diaryl/α,β-unsaturated/α-hetero) is 1. The minimum Gasteiger partial charge on any atom is -0.481 e. The number of H-pyrrole nitrogens is 1. The summed E-state index contributed by atoms with van der Waals surface area (Å²) >= 11 is 0. The molecule has 2 aliphatic rings. The van der Waals surface area contributed by atoms with Gasteiger partial charge in [0, 0.05) is 46.7 Å². The molecule has 0 saturated heterocycles. The lowest BCUT2D eigenvalue weighted by Gasteiger charge is -2.11. The monoisotopic (exact) mass is 519 g/mol. The third-order valence-electron chi connectivity index (χ3n) is 6.48. The molecule has 37 heavy (non-hydrogen) atoms. The van der Waals surface area contributed by atoms with Crippen molar-refractivity contribution >= 4 is 50.7 Å². The molecule has 0 spiro atoms. The number of sulfonamides is 1. The summed E-state index contributed by atoms with van der Waals surface area (Å²) < 4.78 is 28.0. The summed E-state index contributed by atoms with van der Waals surface area (Å²) in [5.41, 5.74) is 4.68. The molecule has 0 atom stereocenters. The number of carboxylic acid groups (broad SMARTS) is 1. The lowest BCUT2D eigenvalue weighted by atomic mass is 9.91. The number of amides is 1. The van der Waals surface area contributed by atoms with Gasteiger partial charge in [-0.2, -0.15) is 0 Å². The highest BCUT2D eigenvalue weighted by Crippen LogP contribution is 2.37. The highest BCUT2D eigenvalue weighted by molar-refractivity contribution is 7.91. The zero-order valence-electron chi connectivity index (χ0n) is 19.8. The molecule has 0 unspecified atom stereocenters. The van der Waals surface area contributed by atoms with Gasteiger partial charge in [-0.3, -0.25) is 19.1 Å². The van der Waals surface area contributed by atoms with Crippen LogP contribution in [0.25, 0.3) is 11.6 Å². The van der Waals surface area contributed by atoms with Crippen molar-refractivity contribution in [3.05, 3.63) is 82.2 Å². The topological polar surface area (TPSA) is 145 Å². The zero-order chi connectivity index (χ0) is 26.2. The second kappa shape index (κ2) is 9.70. The number of anilines is 2. The van der Waals surface area contributed by atoms with Crippen molar-refractivity contribution in [3.8, 4) is 0 Å². The first-order valence-electron chi connectivity index (χ1n) is 11.9. The molecule has 3 aromatic rings. The lowest BCUT2D eigenvalue weighted by molar-refractivity contribution is -0.137. The fourth-order valence-electron chi connectivity index (χ4n) is 4.86. The molecule has 190 valence electrons. The van der Waals surface area contributed by atoms with E-state index < -0.39 is 16.0 Å². The van der Waals surface area contributed by atoms with Gasteiger partial charge >= 0.3 is 5.97 Å². The normalized spacial score (nSPS) is 15.8. The van der Waals surface area contributed by atoms with Gasteiger partial charge in [0.15, 0.2) is 5.78 Å². The van der Waals surface area contributed by atoms with E-state index >= 15 is 0 Å². The number of carbonyl (C=O) groups is 3. The number of carboxylic acids is 1. The Morgan fingerprint density at radius 1 is 1.08 bits per heavy atom. The van der Waals surface area contributed by atoms with E-state index in [0.717, 1.165) is 5.69 Å². The van der Waals surface area contributed by atoms with Crippen LogP contribution < -0.4 is 10.0 Å². The second-order valence-corrected chi connectivity index (χ2v) is 10.9. The maximum absolute atomic E-state index is 12.9. The number of hydrogen-bond acceptors (Lipinski definition) is 5. The summed E-state index contributed by atoms with van der Waals surface area (Å²) in [7, 11) is -3.70. The van der Waals surface area contributed by atoms with Crippen molar-refractivity contribution in [2.24, 2.45) is 0 Å². The molecule has 10 heteroatoms. The maximum atomic E-state index is 12.9. The summed E-state index contributed by atoms with van der Waals surface area (Å²) in [6.07, 6.45) is 3.39. The first-order chi connectivity index (χ1) is 17.7. The van der Waals surface area contributed by atoms with Gasteiger partial charge in [-0.05, 0) is 54.7 Å². The zero-order valence-corrected chi connectivity index (χ0v) is 20.7. The first-order valence-corrected chi connectivity index (χ1v) is 13.6. The molecule has 1 amide bonds. The molecule has 1 aliphatic heterocycles. The van der Waals surface area contributed by atoms with Crippen LogP contribution in [-0.2, 0) is 38.2 Å². The Labute approximate surface area is 213 Å². The second-order valence-electron chi connectivity index (χ2n) is 9.16. The number of aromatic nitrogens is 1. The van der Waals surface area contributed by atoms with E-state index in [-0.39, 0.29) is 30.3 Å². The van der Waals surface area contributed by atoms with Crippen molar-refractivity contribution in [2.75, 3.05) is 10.0 Å². The summed E-state index contributed by atoms with van der Waals surface area (Å²) in [6.45, 7) is 0. The van der Waals surface area contributed by atoms with Crippen LogP contribution >= 0.6 is 0 Å². The summed E-state index contributed by atoms with van der Waals surface area (Å²) in [4.78, 5) is 40.0. The van der Waals surface area contributed by atoms with E-state index in [1.165, 1.54) is 0 Å². The Morgan fingerprint density at radius 2 is 1.86 bits per heavy atom. The van der Waals surface area contributed by atoms with Crippen molar-refractivity contribution < 1.29 is 27.9 Å². The van der Waals surface area contributed by atoms with Crippen LogP contribution in [0.1, 0.15) is 57.7 Å². The standard InChI is InChI=1S/C27H25N3O6S/c31-24-8-4-7-22-26(24)18(10-12-25(32)33)23(28-22)14-20-19-13-17(9-11-21(19)29-27(20)34)30-37(35,36)15-16-5-2-1-3-6-16/h1-3,5-6,9,11,13-14,28,30H,4,7-8,10,12,15H2,(H,29,34)(H,32,33)/b20-14-. The highest BCUT2D eigenvalue weighted by Gasteiger charge is 2.29. The summed E-state index contributed by atoms with van der Waals surface area (Å²) in [5.74, 6) is -1.58. The predicted molar refractivity (Wildman–Crippen MR) is 140 cm³/mol. The lowest BCUT2D eigenvalue weighted by Crippen LogP contribution is -2.15. The Balaban J connectivity index is 1.49. The van der Waals surface area contributed by atoms with E-state index in [0.29, 0.717) is 64.2 Å². The average Bonchev–Trinajstić information content (AvgIpc) is 3.35. The van der Waals surface area contributed by atoms with Crippen LogP contribution in [-0.4, -0.2) is 36.2 Å². The molecule has 2 aromatic carbocycles. The SMILES string of the molecule is O=C(O)CCc1c(/C=C2\C(=O)Nc3ccc(NS(=O)(=O)Cc4ccccc4)cc32)[nH]c2c1C(=O)CCC2. The van der Waals surface area contributed by atoms with Gasteiger partial charge in [0.25, 0.3) is 5.91 Å². The Bertz CT molecular complexity index is 1550. The minimum atomic E-state index is -3.70. The molecular weight excluding hydrogens is 494 g/mol. The number of ketones is 1. The number of aromatic amines is 1. The Kier molecular flexibility index (Phi) is 6.43. The average molecular weight is 520 g/mol. The van der Waals surface area contributed by atoms with E-state index in [4.69, 9.17) is 0 Å². The highest BCUT2D eigenvalue weighted by atomic mass is 32.2. The fourth-order valence-corrected chi connectivity index (χ4v) is 6.04. The smallest absolute Gasteiger partial charge is 0.303 e. The maximum Gasteiger partial charge on any atom is 0.303 e. The van der Waals surface area contributed by atoms with Gasteiger partial charge in [0.05, 0.1) is 11.3 Å². The number of aliphatic carboxylic acids is 1. The molecule has 0 radical (unpaired) electrons. The fraction of sp³-hybridized carbons (Fsp3) is 0.222. The van der Waals surface area contributed by atoms with E-state index in [2.05, 4.69) is 15.0 Å². The molecule has 1 aromatic heterocycles. The van der Waals surface area contributed by atoms with Gasteiger partial charge in [-0.25, -0.2) is 8.42 Å². The van der Waals surface area contributed by atoms with Gasteiger partial charge < -0.3 is 15.4 Å². The quantitative estimate of drug-likeness (QED) is 0.331. The molecule has 2 heterocycles. The Morgan fingerprint density at radius 3 is 2.62 bits per heavy atom. The van der Waals surface area contributed by atoms with Crippen molar-refractivity contribution in [3.63, 3.8) is 0 Å². The van der Waals surface area contributed by atoms with Crippen molar-refractivity contribution in [2.45, 2.75) is 37.9 Å². The van der Waals surface area contributed by atoms with E-state index in [9.17, 15) is 27.9 Å². The van der Waals surface area contributed by atoms with Crippen molar-refractivity contribution in [1.82, 2.24) is 4.98 Å². The van der Waals surface area contributed by atoms with Crippen LogP contribution in [0.5, 0.6) is 0 Å². The molecule has 0 saturated carbocycles. The van der Waals surface area contributed by atoms with Gasteiger partial charge in [0.1, 0.15) is 0 Å². The number of benzene rings is 2. The number of fused-ring (bicyclic) bond motifs is 2. The molecular formula is C27H25N3O6S. The molecule has 0 fully saturated rings. The first kappa shape index (κ1) is 24.5. The number of nitrogens with one attached hydrogen (secondary N) is 3. The molecule has 1 aliphatic carbocycles. The molecule has 9 nitrogen and oxygen atoms in total. The number of carbonyl (C=O) groups excluding carboxylic acids is 2. The summed E-state index contributed by atoms with van der Waals surface area (Å²) in [5, 5.41) is 12.0. The van der Waals surface area contributed by atoms with Gasteiger partial charge in [-0.15, -0.1) is 0 Å². The van der Waals surface area contributed by atoms with Gasteiger partial charge in [0.2, 0.25) is 10.0 Å². The van der Waals surface area contributed by atoms with Crippen LogP contribution in [0.2, 0.25) is 0 Å². The predicted octanol–water partition coefficient (Wildman–Crippen LogP) is 3.99. The largest absolute Gasteiger partial charge is 0.481 e. The van der Waals surface area contributed by atoms with Crippen LogP contribution in [0.3, 0.4) is 0 Å². The number of aryl methyl sites for hydroxylation is 1. The minimum absolute atomic E-state index is 0.0334. The number of hydrogen-bond donors (Lipinski definition) is 4. The number of rotatable bonds is 8. The van der Waals surface area contributed by atoms with Crippen LogP contribution in [0.4, 0.5) is 11.4 Å². The van der Waals surface area contributed by atoms with Gasteiger partial charge in [-0.1, -0.05) is 30.3 Å². The third-order valence-corrected chi connectivity index (χ3v) is 7.74. The van der Waals surface area contributed by atoms with E-state index in [1.54, 1.807) is 48.5 Å². The van der Waals surface area contributed by atoms with Crippen LogP contribution in [0.15, 0.2) is 48.5 Å². The molecule has 0 bridgehead atoms. The Hall–Kier alpha value is -4.18.